The minimum Gasteiger partial charge on any atom is -0.382 e. The van der Waals surface area contributed by atoms with Gasteiger partial charge in [-0.05, 0) is 88.3 Å². The van der Waals surface area contributed by atoms with Gasteiger partial charge in [0.15, 0.2) is 0 Å². The molecule has 4 rings (SSSR count). The van der Waals surface area contributed by atoms with Crippen molar-refractivity contribution in [2.45, 2.75) is 179 Å². The van der Waals surface area contributed by atoms with Crippen molar-refractivity contribution >= 4 is 96.1 Å². The number of nitrogens with one attached hydrogen (secondary N) is 8. The summed E-state index contributed by atoms with van der Waals surface area (Å²) in [7, 11) is 5.57. The number of aliphatic hydroxyl groups excluding tert-OH is 1. The lowest BCUT2D eigenvalue weighted by molar-refractivity contribution is -0.150. The number of amides is 12. The molecule has 1 heterocycles. The van der Waals surface area contributed by atoms with E-state index in [0.29, 0.717) is 16.7 Å². The largest absolute Gasteiger partial charge is 0.382 e. The fourth-order valence-corrected chi connectivity index (χ4v) is 11.0. The predicted molar refractivity (Wildman–Crippen MR) is 362 cm³/mol. The van der Waals surface area contributed by atoms with E-state index in [2.05, 4.69) is 67.8 Å². The molecule has 12 amide bonds. The maximum Gasteiger partial charge on any atom is 0.250 e. The normalized spacial score (nSPS) is 24.6. The second kappa shape index (κ2) is 38.4. The fraction of sp³-hybridized carbons (Fsp3) is 0.552. The van der Waals surface area contributed by atoms with E-state index >= 15 is 0 Å². The summed E-state index contributed by atoms with van der Waals surface area (Å²) in [5, 5.41) is 32.0. The highest BCUT2D eigenvalue weighted by Gasteiger charge is 2.40. The van der Waals surface area contributed by atoms with E-state index in [1.165, 1.54) is 65.7 Å². The maximum atomic E-state index is 14.8. The number of thiol groups is 2. The average Bonchev–Trinajstić information content (AvgIpc) is 0.882. The van der Waals surface area contributed by atoms with Crippen LogP contribution in [-0.2, 0) is 76.8 Å². The van der Waals surface area contributed by atoms with Crippen molar-refractivity contribution in [3.63, 3.8) is 0 Å². The molecular weight excluding hydrogens is 1240 g/mol. The van der Waals surface area contributed by atoms with Gasteiger partial charge in [-0.3, -0.25) is 57.5 Å². The lowest BCUT2D eigenvalue weighted by Gasteiger charge is -2.36. The van der Waals surface area contributed by atoms with Gasteiger partial charge >= 0.3 is 0 Å². The summed E-state index contributed by atoms with van der Waals surface area (Å²) in [5.41, 5.74) is 1.95. The monoisotopic (exact) mass is 1340 g/mol. The van der Waals surface area contributed by atoms with Crippen molar-refractivity contribution in [1.82, 2.24) is 62.1 Å². The highest BCUT2D eigenvalue weighted by atomic mass is 32.1. The van der Waals surface area contributed by atoms with Crippen LogP contribution in [0.3, 0.4) is 0 Å². The first-order valence-electron chi connectivity index (χ1n) is 31.9. The number of carbonyl (C=O) groups is 12. The molecular formula is C67H98N12O13S2. The molecule has 0 aromatic heterocycles. The zero-order chi connectivity index (χ0) is 70.1. The Balaban J connectivity index is 1.79. The Morgan fingerprint density at radius 2 is 1.02 bits per heavy atom. The predicted octanol–water partition coefficient (Wildman–Crippen LogP) is 1.11. The molecule has 12 atom stereocenters. The van der Waals surface area contributed by atoms with Crippen molar-refractivity contribution in [3.8, 4) is 0 Å². The lowest BCUT2D eigenvalue weighted by Crippen LogP contribution is -2.60. The molecule has 1 fully saturated rings. The van der Waals surface area contributed by atoms with Gasteiger partial charge in [0.1, 0.15) is 72.6 Å². The van der Waals surface area contributed by atoms with Crippen molar-refractivity contribution < 1.29 is 62.6 Å². The van der Waals surface area contributed by atoms with Gasteiger partial charge in [0.2, 0.25) is 70.9 Å². The smallest absolute Gasteiger partial charge is 0.250 e. The molecule has 1 aliphatic heterocycles. The molecule has 0 saturated carbocycles. The van der Waals surface area contributed by atoms with Gasteiger partial charge in [-0.25, -0.2) is 0 Å². The maximum absolute atomic E-state index is 14.8. The van der Waals surface area contributed by atoms with Crippen LogP contribution in [0.5, 0.6) is 0 Å². The second-order valence-electron chi connectivity index (χ2n) is 24.9. The van der Waals surface area contributed by atoms with E-state index in [9.17, 15) is 62.6 Å². The summed E-state index contributed by atoms with van der Waals surface area (Å²) < 4.78 is 0. The fourth-order valence-electron chi connectivity index (χ4n) is 10.5. The quantitative estimate of drug-likeness (QED) is 0.0897. The minimum atomic E-state index is -1.58. The van der Waals surface area contributed by atoms with E-state index in [-0.39, 0.29) is 81.3 Å². The van der Waals surface area contributed by atoms with Crippen LogP contribution >= 0.6 is 25.3 Å². The molecule has 516 valence electrons. The number of carbonyl (C=O) groups excluding carboxylic acids is 12. The van der Waals surface area contributed by atoms with E-state index < -0.39 is 143 Å². The number of aliphatic hydroxyl groups is 1. The molecule has 1 aliphatic rings. The minimum absolute atomic E-state index is 0.00297. The molecule has 0 radical (unpaired) electrons. The Bertz CT molecular complexity index is 3060. The average molecular weight is 1340 g/mol. The topological polar surface area (TPSA) is 334 Å². The van der Waals surface area contributed by atoms with E-state index in [1.54, 1.807) is 91.0 Å². The summed E-state index contributed by atoms with van der Waals surface area (Å²) in [4.78, 5) is 176. The molecule has 0 spiro atoms. The molecule has 0 bridgehead atoms. The molecule has 27 heteroatoms. The molecule has 0 aliphatic carbocycles. The standard InChI is InChI=1S/C67H98N12O13S2/c1-39(2)32-51-66(91)77(10)44(8)65(90)78(11)53(33-40(3)4)62(87)70-42(6)64(89)79(12)54(36-47-28-20-15-21-29-47)67(92)76(9)43(7)57(82)69-41(5)56(81)72-49(34-45-24-16-13-17-25-45)61(86)75-52(37-93)58(83)68-31-23-22-30-48(59(84)74-51)71-60(85)50(73-63(88)55(80)38-94)35-46-26-18-14-19-27-46/h13-21,24-29,39-44,48-55,80,93-94H,22-23,30-38H2,1-12H3,(H,68,83)(H,69,82)(H,70,87)(H,71,85)(H,72,81)(H,73,88)(H,74,84)(H,75,86)/t41-,42-,43-,44-,48-,49-,50-,51-,52-,53-,54-,55?/m0/s1. The van der Waals surface area contributed by atoms with Crippen LogP contribution in [-0.4, -0.2) is 214 Å². The highest BCUT2D eigenvalue weighted by molar-refractivity contribution is 7.80. The van der Waals surface area contributed by atoms with Crippen LogP contribution in [0.2, 0.25) is 0 Å². The van der Waals surface area contributed by atoms with Gasteiger partial charge in [0.05, 0.1) is 0 Å². The zero-order valence-corrected chi connectivity index (χ0v) is 57.8. The molecule has 9 N–H and O–H groups in total. The number of nitrogens with zero attached hydrogens (tertiary/aromatic N) is 4. The third kappa shape index (κ3) is 23.8. The SMILES string of the molecule is CC(C)C[C@@H]1NC(=O)[C@@H](NC(=O)[C@H](Cc2ccccc2)NC(=O)C(O)CS)CCCCNC(=O)[C@H](CS)NC(=O)[C@H](Cc2ccccc2)NC(=O)[C@H](C)NC(=O)[C@H](C)N(C)C(=O)[C@H](Cc2ccccc2)N(C)C(=O)[C@H](C)NC(=O)[C@H](CC(C)C)N(C)C(=O)[C@H](C)N(C)C1=O. The van der Waals surface area contributed by atoms with Crippen LogP contribution in [0, 0.1) is 11.8 Å². The number of rotatable bonds is 16. The van der Waals surface area contributed by atoms with Gasteiger partial charge < -0.3 is 67.2 Å². The van der Waals surface area contributed by atoms with Crippen molar-refractivity contribution in [2.24, 2.45) is 11.8 Å². The Morgan fingerprint density at radius 1 is 0.511 bits per heavy atom. The summed E-state index contributed by atoms with van der Waals surface area (Å²) in [6, 6.07) is 12.3. The first-order chi connectivity index (χ1) is 44.4. The molecule has 25 nitrogen and oxygen atoms in total. The first-order valence-corrected chi connectivity index (χ1v) is 33.2. The van der Waals surface area contributed by atoms with Crippen LogP contribution in [0.1, 0.15) is 104 Å². The van der Waals surface area contributed by atoms with Gasteiger partial charge in [0, 0.05) is 65.5 Å². The molecule has 1 saturated heterocycles. The second-order valence-corrected chi connectivity index (χ2v) is 25.7. The summed E-state index contributed by atoms with van der Waals surface area (Å²) in [5.74, 6) is -9.65. The van der Waals surface area contributed by atoms with E-state index in [0.717, 1.165) is 9.80 Å². The highest BCUT2D eigenvalue weighted by Crippen LogP contribution is 2.19. The molecule has 3 aromatic rings. The van der Waals surface area contributed by atoms with Gasteiger partial charge in [-0.15, -0.1) is 0 Å². The Morgan fingerprint density at radius 3 is 1.57 bits per heavy atom. The number of likely N-dealkylation sites (N-methyl/N-ethyl adjacent to an activating group) is 4. The summed E-state index contributed by atoms with van der Waals surface area (Å²) in [6.45, 7) is 13.1. The van der Waals surface area contributed by atoms with Gasteiger partial charge in [-0.2, -0.15) is 25.3 Å². The number of hydrogen-bond acceptors (Lipinski definition) is 15. The Hall–Kier alpha value is -8.04. The summed E-state index contributed by atoms with van der Waals surface area (Å²) in [6.07, 6.45) is -1.21. The van der Waals surface area contributed by atoms with Crippen LogP contribution in [0.25, 0.3) is 0 Å². The van der Waals surface area contributed by atoms with Gasteiger partial charge in [0.25, 0.3) is 0 Å². The van der Waals surface area contributed by atoms with Crippen molar-refractivity contribution in [2.75, 3.05) is 46.2 Å². The van der Waals surface area contributed by atoms with Gasteiger partial charge in [-0.1, -0.05) is 119 Å². The van der Waals surface area contributed by atoms with Crippen LogP contribution in [0.15, 0.2) is 91.0 Å². The molecule has 1 unspecified atom stereocenters. The molecule has 94 heavy (non-hydrogen) atoms. The van der Waals surface area contributed by atoms with Crippen molar-refractivity contribution in [3.05, 3.63) is 108 Å². The first kappa shape index (κ1) is 78.4. The van der Waals surface area contributed by atoms with Crippen LogP contribution < -0.4 is 42.5 Å². The van der Waals surface area contributed by atoms with E-state index in [4.69, 9.17) is 0 Å². The third-order valence-corrected chi connectivity index (χ3v) is 17.3. The van der Waals surface area contributed by atoms with E-state index in [1.807, 2.05) is 27.7 Å². The Kier molecular flexibility index (Phi) is 32.0. The van der Waals surface area contributed by atoms with Crippen molar-refractivity contribution in [1.29, 1.82) is 0 Å². The Labute approximate surface area is 563 Å². The lowest BCUT2D eigenvalue weighted by atomic mass is 9.99. The number of hydrogen-bond donors (Lipinski definition) is 11. The van der Waals surface area contributed by atoms with Crippen LogP contribution in [0.4, 0.5) is 0 Å². The number of benzene rings is 3. The third-order valence-electron chi connectivity index (χ3n) is 16.6. The summed E-state index contributed by atoms with van der Waals surface area (Å²) >= 11 is 8.40. The molecule has 3 aromatic carbocycles. The zero-order valence-electron chi connectivity index (χ0n) is 56.1.